The third-order valence-electron chi connectivity index (χ3n) is 2.10. The Morgan fingerprint density at radius 3 is 2.71 bits per heavy atom. The van der Waals surface area contributed by atoms with Crippen LogP contribution in [0.5, 0.6) is 5.75 Å². The molecule has 0 radical (unpaired) electrons. The predicted molar refractivity (Wildman–Crippen MR) is 63.6 cm³/mol. The van der Waals surface area contributed by atoms with Crippen molar-refractivity contribution in [2.24, 2.45) is 0 Å². The number of hydrogen-bond acceptors (Lipinski definition) is 3. The highest BCUT2D eigenvalue weighted by atomic mass is 35.5. The van der Waals surface area contributed by atoms with E-state index in [4.69, 9.17) is 4.74 Å². The predicted octanol–water partition coefficient (Wildman–Crippen LogP) is 1.80. The normalized spacial score (nSPS) is 9.53. The number of nitrogens with zero attached hydrogens (tertiary/aromatic N) is 2. The minimum Gasteiger partial charge on any atom is -0.494 e. The molecule has 0 fully saturated rings. The molecule has 0 spiro atoms. The molecule has 0 aliphatic carbocycles. The molecule has 1 aromatic heterocycles. The van der Waals surface area contributed by atoms with Crippen LogP contribution in [0.15, 0.2) is 41.3 Å². The Kier molecular flexibility index (Phi) is 4.23. The molecule has 17 heavy (non-hydrogen) atoms. The third kappa shape index (κ3) is 2.62. The number of aromatic nitrogens is 2. The van der Waals surface area contributed by atoms with E-state index in [1.807, 2.05) is 0 Å². The lowest BCUT2D eigenvalue weighted by Gasteiger charge is -2.05. The van der Waals surface area contributed by atoms with Crippen molar-refractivity contribution >= 4 is 12.4 Å². The van der Waals surface area contributed by atoms with E-state index in [0.29, 0.717) is 5.69 Å². The molecule has 0 N–H and O–H groups in total. The van der Waals surface area contributed by atoms with Crippen LogP contribution in [0.4, 0.5) is 4.39 Å². The lowest BCUT2D eigenvalue weighted by atomic mass is 10.3. The third-order valence-corrected chi connectivity index (χ3v) is 2.10. The fourth-order valence-corrected chi connectivity index (χ4v) is 1.34. The first kappa shape index (κ1) is 13.2. The topological polar surface area (TPSA) is 44.1 Å². The molecular weight excluding hydrogens is 247 g/mol. The molecule has 0 atom stereocenters. The lowest BCUT2D eigenvalue weighted by molar-refractivity contribution is 0.386. The van der Waals surface area contributed by atoms with Crippen LogP contribution in [0.3, 0.4) is 0 Å². The van der Waals surface area contributed by atoms with Crippen molar-refractivity contribution in [3.8, 4) is 11.4 Å². The Labute approximate surface area is 103 Å². The number of rotatable bonds is 2. The van der Waals surface area contributed by atoms with Crippen molar-refractivity contribution < 1.29 is 9.13 Å². The van der Waals surface area contributed by atoms with Crippen molar-refractivity contribution in [2.75, 3.05) is 7.11 Å². The summed E-state index contributed by atoms with van der Waals surface area (Å²) in [6.07, 6.45) is 1.46. The minimum atomic E-state index is -0.530. The molecule has 0 saturated heterocycles. The second-order valence-electron chi connectivity index (χ2n) is 3.09. The van der Waals surface area contributed by atoms with Crippen molar-refractivity contribution in [3.63, 3.8) is 0 Å². The second-order valence-corrected chi connectivity index (χ2v) is 3.09. The molecule has 0 amide bonds. The summed E-state index contributed by atoms with van der Waals surface area (Å²) >= 11 is 0. The van der Waals surface area contributed by atoms with E-state index >= 15 is 0 Å². The summed E-state index contributed by atoms with van der Waals surface area (Å²) < 4.78 is 19.3. The number of benzene rings is 1. The summed E-state index contributed by atoms with van der Waals surface area (Å²) in [6.45, 7) is 0. The second kappa shape index (κ2) is 5.45. The van der Waals surface area contributed by atoms with Gasteiger partial charge >= 0.3 is 0 Å². The fourth-order valence-electron chi connectivity index (χ4n) is 1.34. The summed E-state index contributed by atoms with van der Waals surface area (Å²) in [7, 11) is 1.38. The Balaban J connectivity index is 0.00000144. The van der Waals surface area contributed by atoms with Gasteiger partial charge in [0.25, 0.3) is 5.56 Å². The molecule has 2 rings (SSSR count). The summed E-state index contributed by atoms with van der Waals surface area (Å²) in [5.74, 6) is -0.398. The zero-order valence-electron chi connectivity index (χ0n) is 8.96. The van der Waals surface area contributed by atoms with Crippen molar-refractivity contribution in [1.29, 1.82) is 0 Å². The number of methoxy groups -OCH3 is 1. The smallest absolute Gasteiger partial charge is 0.271 e. The van der Waals surface area contributed by atoms with E-state index in [1.54, 1.807) is 6.07 Å². The Hall–Kier alpha value is -1.88. The van der Waals surface area contributed by atoms with Crippen molar-refractivity contribution in [3.05, 3.63) is 52.7 Å². The van der Waals surface area contributed by atoms with Gasteiger partial charge in [-0.3, -0.25) is 4.79 Å². The Morgan fingerprint density at radius 2 is 2.12 bits per heavy atom. The van der Waals surface area contributed by atoms with Crippen LogP contribution in [0, 0.1) is 5.82 Å². The maximum absolute atomic E-state index is 13.4. The van der Waals surface area contributed by atoms with Gasteiger partial charge in [0.2, 0.25) is 0 Å². The molecule has 0 saturated carbocycles. The van der Waals surface area contributed by atoms with E-state index in [9.17, 15) is 9.18 Å². The first-order valence-electron chi connectivity index (χ1n) is 4.60. The highest BCUT2D eigenvalue weighted by Crippen LogP contribution is 2.18. The van der Waals surface area contributed by atoms with Crippen LogP contribution in [0.2, 0.25) is 0 Å². The van der Waals surface area contributed by atoms with Gasteiger partial charge in [-0.2, -0.15) is 9.78 Å². The summed E-state index contributed by atoms with van der Waals surface area (Å²) in [5, 5.41) is 3.84. The molecular formula is C11H10ClFN2O2. The molecule has 1 aromatic carbocycles. The van der Waals surface area contributed by atoms with Crippen LogP contribution in [0.25, 0.3) is 5.69 Å². The number of ether oxygens (including phenoxy) is 1. The maximum Gasteiger partial charge on any atom is 0.271 e. The molecule has 0 aliphatic heterocycles. The molecule has 4 nitrogen and oxygen atoms in total. The Morgan fingerprint density at radius 1 is 1.35 bits per heavy atom. The zero-order valence-corrected chi connectivity index (χ0v) is 9.78. The van der Waals surface area contributed by atoms with Gasteiger partial charge in [0.05, 0.1) is 12.8 Å². The molecule has 6 heteroatoms. The van der Waals surface area contributed by atoms with Gasteiger partial charge in [-0.1, -0.05) is 0 Å². The first-order valence-corrected chi connectivity index (χ1v) is 4.60. The largest absolute Gasteiger partial charge is 0.494 e. The van der Waals surface area contributed by atoms with Gasteiger partial charge in [0.15, 0.2) is 11.6 Å². The van der Waals surface area contributed by atoms with Gasteiger partial charge < -0.3 is 4.74 Å². The van der Waals surface area contributed by atoms with Gasteiger partial charge in [0.1, 0.15) is 0 Å². The monoisotopic (exact) mass is 256 g/mol. The highest BCUT2D eigenvalue weighted by molar-refractivity contribution is 5.85. The van der Waals surface area contributed by atoms with E-state index < -0.39 is 5.82 Å². The Bertz CT molecular complexity index is 571. The lowest BCUT2D eigenvalue weighted by Crippen LogP contribution is -2.19. The summed E-state index contributed by atoms with van der Waals surface area (Å²) in [4.78, 5) is 11.4. The zero-order chi connectivity index (χ0) is 11.5. The SMILES string of the molecule is COc1ccc(-n2ncccc2=O)cc1F.Cl. The molecule has 0 unspecified atom stereocenters. The average Bonchev–Trinajstić information content (AvgIpc) is 2.29. The standard InChI is InChI=1S/C11H9FN2O2.ClH/c1-16-10-5-4-8(7-9(10)12)14-11(15)3-2-6-13-14;/h2-7H,1H3;1H. The van der Waals surface area contributed by atoms with Gasteiger partial charge in [-0.05, 0) is 18.2 Å². The van der Waals surface area contributed by atoms with Crippen LogP contribution < -0.4 is 10.3 Å². The van der Waals surface area contributed by atoms with Gasteiger partial charge in [-0.25, -0.2) is 4.39 Å². The van der Waals surface area contributed by atoms with E-state index in [2.05, 4.69) is 5.10 Å². The van der Waals surface area contributed by atoms with Gasteiger partial charge in [0, 0.05) is 18.3 Å². The van der Waals surface area contributed by atoms with Crippen molar-refractivity contribution in [2.45, 2.75) is 0 Å². The van der Waals surface area contributed by atoms with Crippen LogP contribution in [-0.4, -0.2) is 16.9 Å². The van der Waals surface area contributed by atoms with E-state index in [1.165, 1.54) is 37.6 Å². The average molecular weight is 257 g/mol. The van der Waals surface area contributed by atoms with Crippen LogP contribution in [0.1, 0.15) is 0 Å². The summed E-state index contributed by atoms with van der Waals surface area (Å²) in [5.41, 5.74) is 0.0518. The van der Waals surface area contributed by atoms with E-state index in [0.717, 1.165) is 4.68 Å². The quantitative estimate of drug-likeness (QED) is 0.823. The molecule has 1 heterocycles. The number of halogens is 2. The number of hydrogen-bond donors (Lipinski definition) is 0. The highest BCUT2D eigenvalue weighted by Gasteiger charge is 2.06. The van der Waals surface area contributed by atoms with Crippen LogP contribution >= 0.6 is 12.4 Å². The van der Waals surface area contributed by atoms with Crippen LogP contribution in [-0.2, 0) is 0 Å². The van der Waals surface area contributed by atoms with E-state index in [-0.39, 0.29) is 23.7 Å². The summed E-state index contributed by atoms with van der Waals surface area (Å²) in [6, 6.07) is 7.10. The maximum atomic E-state index is 13.4. The minimum absolute atomic E-state index is 0. The van der Waals surface area contributed by atoms with Gasteiger partial charge in [-0.15, -0.1) is 12.4 Å². The molecule has 90 valence electrons. The molecule has 0 bridgehead atoms. The first-order chi connectivity index (χ1) is 7.72. The molecule has 0 aliphatic rings. The molecule has 2 aromatic rings. The van der Waals surface area contributed by atoms with Crippen molar-refractivity contribution in [1.82, 2.24) is 9.78 Å². The fraction of sp³-hybridized carbons (Fsp3) is 0.0909.